The number of imidazole rings is 1. The number of halogens is 3. The summed E-state index contributed by atoms with van der Waals surface area (Å²) in [4.78, 5) is 32.0. The Morgan fingerprint density at radius 3 is 2.45 bits per heavy atom. The molecule has 0 bridgehead atoms. The lowest BCUT2D eigenvalue weighted by molar-refractivity contribution is -0.137. The summed E-state index contributed by atoms with van der Waals surface area (Å²) in [6.45, 7) is 0. The van der Waals surface area contributed by atoms with Crippen molar-refractivity contribution >= 4 is 22.8 Å². The van der Waals surface area contributed by atoms with Gasteiger partial charge < -0.3 is 16.0 Å². The Balaban J connectivity index is 1.84. The van der Waals surface area contributed by atoms with E-state index < -0.39 is 29.1 Å². The van der Waals surface area contributed by atoms with E-state index in [1.165, 1.54) is 18.2 Å². The molecule has 2 aromatic carbocycles. The molecule has 9 heteroatoms. The van der Waals surface area contributed by atoms with Crippen molar-refractivity contribution in [3.63, 3.8) is 0 Å². The molecule has 1 saturated carbocycles. The number of hydrogen-bond donors (Lipinski definition) is 3. The maximum atomic E-state index is 13.8. The Morgan fingerprint density at radius 2 is 1.77 bits per heavy atom. The van der Waals surface area contributed by atoms with Crippen molar-refractivity contribution in [1.29, 1.82) is 0 Å². The fourth-order valence-corrected chi connectivity index (χ4v) is 4.09. The molecule has 162 valence electrons. The first-order valence-electron chi connectivity index (χ1n) is 10.1. The Bertz CT molecular complexity index is 1150. The molecule has 1 aromatic heterocycles. The summed E-state index contributed by atoms with van der Waals surface area (Å²) in [5.74, 6) is -1.43. The molecule has 6 nitrogen and oxygen atoms in total. The number of benzene rings is 2. The number of para-hydroxylation sites is 1. The fraction of sp³-hybridized carbons (Fsp3) is 0.318. The van der Waals surface area contributed by atoms with Crippen LogP contribution in [-0.4, -0.2) is 27.8 Å². The van der Waals surface area contributed by atoms with Gasteiger partial charge in [0.25, 0.3) is 11.8 Å². The molecule has 4 rings (SSSR count). The van der Waals surface area contributed by atoms with E-state index in [1.54, 1.807) is 12.1 Å². The number of aromatic amines is 1. The van der Waals surface area contributed by atoms with Gasteiger partial charge in [0, 0.05) is 11.6 Å². The van der Waals surface area contributed by atoms with Crippen LogP contribution in [0.2, 0.25) is 0 Å². The quantitative estimate of drug-likeness (QED) is 0.571. The summed E-state index contributed by atoms with van der Waals surface area (Å²) in [6.07, 6.45) is -0.336. The van der Waals surface area contributed by atoms with Crippen molar-refractivity contribution in [2.45, 2.75) is 44.3 Å². The second kappa shape index (κ2) is 8.05. The minimum atomic E-state index is -4.72. The molecule has 2 amide bonds. The van der Waals surface area contributed by atoms with Crippen LogP contribution >= 0.6 is 0 Å². The molecule has 0 atom stereocenters. The largest absolute Gasteiger partial charge is 0.417 e. The van der Waals surface area contributed by atoms with Crippen molar-refractivity contribution in [2.24, 2.45) is 5.73 Å². The average molecular weight is 430 g/mol. The van der Waals surface area contributed by atoms with E-state index in [0.717, 1.165) is 38.2 Å². The third kappa shape index (κ3) is 4.12. The molecule has 3 aromatic rings. The van der Waals surface area contributed by atoms with Crippen LogP contribution in [0.4, 0.5) is 13.2 Å². The summed E-state index contributed by atoms with van der Waals surface area (Å²) in [5, 5.41) is 2.77. The van der Waals surface area contributed by atoms with Crippen LogP contribution < -0.4 is 11.1 Å². The second-order valence-corrected chi connectivity index (χ2v) is 7.69. The highest BCUT2D eigenvalue weighted by Gasteiger charge is 2.37. The van der Waals surface area contributed by atoms with Gasteiger partial charge in [0.05, 0.1) is 22.2 Å². The second-order valence-electron chi connectivity index (χ2n) is 7.69. The number of fused-ring (bicyclic) bond motifs is 1. The van der Waals surface area contributed by atoms with E-state index in [9.17, 15) is 22.8 Å². The summed E-state index contributed by atoms with van der Waals surface area (Å²) >= 11 is 0. The molecule has 1 heterocycles. The number of amides is 2. The Morgan fingerprint density at radius 1 is 1.06 bits per heavy atom. The number of nitrogens with one attached hydrogen (secondary N) is 2. The fourth-order valence-electron chi connectivity index (χ4n) is 4.09. The number of nitrogens with two attached hydrogens (primary N) is 1. The van der Waals surface area contributed by atoms with E-state index in [-0.39, 0.29) is 28.5 Å². The maximum absolute atomic E-state index is 13.8. The topological polar surface area (TPSA) is 101 Å². The van der Waals surface area contributed by atoms with Gasteiger partial charge in [0.1, 0.15) is 11.3 Å². The third-order valence-electron chi connectivity index (χ3n) is 5.57. The Kier molecular flexibility index (Phi) is 5.43. The number of alkyl halides is 3. The molecule has 1 aliphatic rings. The average Bonchev–Trinajstić information content (AvgIpc) is 3.17. The first-order chi connectivity index (χ1) is 14.8. The van der Waals surface area contributed by atoms with Gasteiger partial charge in [-0.2, -0.15) is 13.2 Å². The number of rotatable bonds is 4. The summed E-state index contributed by atoms with van der Waals surface area (Å²) in [7, 11) is 0. The number of hydrogen-bond acceptors (Lipinski definition) is 3. The highest BCUT2D eigenvalue weighted by molar-refractivity contribution is 6.06. The maximum Gasteiger partial charge on any atom is 0.417 e. The number of aromatic nitrogens is 2. The van der Waals surface area contributed by atoms with Gasteiger partial charge in [-0.15, -0.1) is 0 Å². The van der Waals surface area contributed by atoms with Crippen molar-refractivity contribution in [2.75, 3.05) is 0 Å². The summed E-state index contributed by atoms with van der Waals surface area (Å²) in [5.41, 5.74) is 4.68. The Labute approximate surface area is 176 Å². The zero-order valence-corrected chi connectivity index (χ0v) is 16.6. The van der Waals surface area contributed by atoms with E-state index in [2.05, 4.69) is 15.3 Å². The van der Waals surface area contributed by atoms with E-state index in [0.29, 0.717) is 5.52 Å². The molecule has 0 radical (unpaired) electrons. The van der Waals surface area contributed by atoms with Crippen LogP contribution in [0.5, 0.6) is 0 Å². The lowest BCUT2D eigenvalue weighted by Crippen LogP contribution is -2.37. The Hall–Kier alpha value is -3.36. The van der Waals surface area contributed by atoms with Gasteiger partial charge in [-0.3, -0.25) is 9.59 Å². The summed E-state index contributed by atoms with van der Waals surface area (Å²) < 4.78 is 41.4. The van der Waals surface area contributed by atoms with Crippen molar-refractivity contribution in [3.8, 4) is 11.4 Å². The molecule has 0 unspecified atom stereocenters. The van der Waals surface area contributed by atoms with Crippen LogP contribution in [0.25, 0.3) is 22.4 Å². The van der Waals surface area contributed by atoms with Crippen molar-refractivity contribution in [1.82, 2.24) is 15.3 Å². The van der Waals surface area contributed by atoms with Gasteiger partial charge >= 0.3 is 6.18 Å². The first-order valence-corrected chi connectivity index (χ1v) is 10.1. The van der Waals surface area contributed by atoms with Gasteiger partial charge in [-0.1, -0.05) is 37.5 Å². The summed E-state index contributed by atoms with van der Waals surface area (Å²) in [6, 6.07) is 8.08. The zero-order valence-electron chi connectivity index (χ0n) is 16.6. The third-order valence-corrected chi connectivity index (χ3v) is 5.57. The van der Waals surface area contributed by atoms with E-state index in [1.807, 2.05) is 0 Å². The predicted molar refractivity (Wildman–Crippen MR) is 109 cm³/mol. The molecule has 1 aliphatic carbocycles. The van der Waals surface area contributed by atoms with Gasteiger partial charge in [-0.05, 0) is 31.0 Å². The minimum absolute atomic E-state index is 0.00903. The molecular weight excluding hydrogens is 409 g/mol. The lowest BCUT2D eigenvalue weighted by Gasteiger charge is -2.24. The molecule has 31 heavy (non-hydrogen) atoms. The molecule has 4 N–H and O–H groups in total. The molecule has 0 aliphatic heterocycles. The smallest absolute Gasteiger partial charge is 0.366 e. The highest BCUT2D eigenvalue weighted by Crippen LogP contribution is 2.37. The molecule has 1 fully saturated rings. The highest BCUT2D eigenvalue weighted by atomic mass is 19.4. The number of H-pyrrole nitrogens is 1. The molecule has 0 spiro atoms. The minimum Gasteiger partial charge on any atom is -0.366 e. The SMILES string of the molecule is NC(=O)c1cccc2[nH]c(-c3cccc(C(F)(F)F)c3C(=O)NC3CCCCC3)nc12. The monoisotopic (exact) mass is 430 g/mol. The standard InChI is InChI=1S/C22H21F3N4O2/c23-22(24,25)15-10-4-8-13(17(15)21(31)27-12-6-2-1-3-7-12)20-28-16-11-5-9-14(19(26)30)18(16)29-20/h4-5,8-12H,1-3,6-7H2,(H2,26,30)(H,27,31)(H,28,29). The number of primary amides is 1. The van der Waals surface area contributed by atoms with Gasteiger partial charge in [0.2, 0.25) is 0 Å². The van der Waals surface area contributed by atoms with Crippen molar-refractivity contribution < 1.29 is 22.8 Å². The van der Waals surface area contributed by atoms with E-state index in [4.69, 9.17) is 5.73 Å². The number of carbonyl (C=O) groups is 2. The van der Waals surface area contributed by atoms with Crippen molar-refractivity contribution in [3.05, 3.63) is 53.1 Å². The van der Waals surface area contributed by atoms with Gasteiger partial charge in [-0.25, -0.2) is 4.98 Å². The van der Waals surface area contributed by atoms with Crippen LogP contribution in [0, 0.1) is 0 Å². The molecular formula is C22H21F3N4O2. The number of carbonyl (C=O) groups excluding carboxylic acids is 2. The lowest BCUT2D eigenvalue weighted by atomic mass is 9.94. The van der Waals surface area contributed by atoms with Crippen LogP contribution in [0.1, 0.15) is 58.4 Å². The normalized spacial score (nSPS) is 15.2. The van der Waals surface area contributed by atoms with Crippen LogP contribution in [0.15, 0.2) is 36.4 Å². The predicted octanol–water partition coefficient (Wildman–Crippen LogP) is 4.41. The molecule has 0 saturated heterocycles. The van der Waals surface area contributed by atoms with Crippen LogP contribution in [-0.2, 0) is 6.18 Å². The van der Waals surface area contributed by atoms with E-state index >= 15 is 0 Å². The van der Waals surface area contributed by atoms with Gasteiger partial charge in [0.15, 0.2) is 0 Å². The zero-order chi connectivity index (χ0) is 22.2. The van der Waals surface area contributed by atoms with Crippen LogP contribution in [0.3, 0.4) is 0 Å². The number of nitrogens with zero attached hydrogens (tertiary/aromatic N) is 1. The first kappa shape index (κ1) is 20.9.